The molecule has 0 radical (unpaired) electrons. The maximum atomic E-state index is 12.5. The van der Waals surface area contributed by atoms with Crippen molar-refractivity contribution in [3.8, 4) is 0 Å². The minimum absolute atomic E-state index is 0.0183. The molecule has 0 aliphatic carbocycles. The molecule has 1 amide bonds. The van der Waals surface area contributed by atoms with E-state index in [1.54, 1.807) is 24.3 Å². The Morgan fingerprint density at radius 2 is 1.73 bits per heavy atom. The van der Waals surface area contributed by atoms with Crippen LogP contribution in [-0.2, 0) is 10.0 Å². The van der Waals surface area contributed by atoms with Crippen LogP contribution in [0.4, 0.5) is 5.69 Å². The molecule has 0 heterocycles. The second-order valence-electron chi connectivity index (χ2n) is 5.47. The van der Waals surface area contributed by atoms with Crippen LogP contribution in [-0.4, -0.2) is 20.0 Å². The van der Waals surface area contributed by atoms with Crippen molar-refractivity contribution >= 4 is 38.9 Å². The van der Waals surface area contributed by atoms with E-state index >= 15 is 0 Å². The van der Waals surface area contributed by atoms with Crippen LogP contribution in [0.2, 0.25) is 5.02 Å². The zero-order chi connectivity index (χ0) is 19.2. The summed E-state index contributed by atoms with van der Waals surface area (Å²) in [5, 5.41) is 4.55. The van der Waals surface area contributed by atoms with E-state index < -0.39 is 15.9 Å². The van der Waals surface area contributed by atoms with Crippen LogP contribution in [0.5, 0.6) is 0 Å². The molecule has 0 spiro atoms. The van der Waals surface area contributed by atoms with E-state index in [1.165, 1.54) is 24.3 Å². The second-order valence-corrected chi connectivity index (χ2v) is 7.59. The Hall–Kier alpha value is -2.38. The van der Waals surface area contributed by atoms with Crippen LogP contribution < -0.4 is 10.1 Å². The molecule has 2 N–H and O–H groups in total. The quantitative estimate of drug-likeness (QED) is 0.549. The second kappa shape index (κ2) is 8.82. The number of rotatable bonds is 7. The highest BCUT2D eigenvalue weighted by Crippen LogP contribution is 2.19. The average Bonchev–Trinajstić information content (AvgIpc) is 2.64. The number of hydrogen-bond acceptors (Lipinski definition) is 4. The fraction of sp³-hybridized carbons (Fsp3) is 0.222. The van der Waals surface area contributed by atoms with Gasteiger partial charge in [-0.15, -0.1) is 0 Å². The Balaban J connectivity index is 2.20. The van der Waals surface area contributed by atoms with Gasteiger partial charge in [0.1, 0.15) is 0 Å². The Morgan fingerprint density at radius 3 is 2.35 bits per heavy atom. The fourth-order valence-electron chi connectivity index (χ4n) is 2.14. The summed E-state index contributed by atoms with van der Waals surface area (Å²) in [6, 6.07) is 12.0. The van der Waals surface area contributed by atoms with E-state index in [2.05, 4.69) is 15.2 Å². The number of nitrogens with one attached hydrogen (secondary N) is 2. The first-order valence-corrected chi connectivity index (χ1v) is 9.96. The lowest BCUT2D eigenvalue weighted by molar-refractivity contribution is 0.0954. The maximum absolute atomic E-state index is 12.5. The lowest BCUT2D eigenvalue weighted by Gasteiger charge is -2.09. The van der Waals surface area contributed by atoms with Crippen molar-refractivity contribution in [2.45, 2.75) is 31.6 Å². The number of hydrogen-bond donors (Lipinski definition) is 2. The third kappa shape index (κ3) is 5.31. The molecule has 0 atom stereocenters. The molecule has 2 rings (SSSR count). The Morgan fingerprint density at radius 1 is 1.08 bits per heavy atom. The molecule has 0 unspecified atom stereocenters. The van der Waals surface area contributed by atoms with Gasteiger partial charge in [-0.05, 0) is 55.3 Å². The number of hydrazone groups is 1. The third-order valence-corrected chi connectivity index (χ3v) is 5.27. The fourth-order valence-corrected chi connectivity index (χ4v) is 3.37. The lowest BCUT2D eigenvalue weighted by atomic mass is 10.2. The van der Waals surface area contributed by atoms with Gasteiger partial charge in [0.25, 0.3) is 15.9 Å². The van der Waals surface area contributed by atoms with Gasteiger partial charge in [0, 0.05) is 22.0 Å². The van der Waals surface area contributed by atoms with Crippen LogP contribution >= 0.6 is 11.6 Å². The predicted molar refractivity (Wildman–Crippen MR) is 104 cm³/mol. The Kier molecular flexibility index (Phi) is 6.76. The molecule has 6 nitrogen and oxygen atoms in total. The van der Waals surface area contributed by atoms with E-state index in [-0.39, 0.29) is 10.5 Å². The molecule has 138 valence electrons. The van der Waals surface area contributed by atoms with Crippen molar-refractivity contribution in [3.63, 3.8) is 0 Å². The van der Waals surface area contributed by atoms with Gasteiger partial charge in [-0.25, -0.2) is 13.8 Å². The first-order chi connectivity index (χ1) is 12.4. The molecule has 0 saturated carbocycles. The molecular weight excluding hydrogens is 374 g/mol. The monoisotopic (exact) mass is 393 g/mol. The Bertz CT molecular complexity index is 904. The predicted octanol–water partition coefficient (Wildman–Crippen LogP) is 4.05. The molecule has 0 saturated heterocycles. The summed E-state index contributed by atoms with van der Waals surface area (Å²) < 4.78 is 27.5. The van der Waals surface area contributed by atoms with Crippen molar-refractivity contribution < 1.29 is 13.2 Å². The zero-order valence-corrected chi connectivity index (χ0v) is 16.1. The zero-order valence-electron chi connectivity index (χ0n) is 14.5. The highest BCUT2D eigenvalue weighted by atomic mass is 35.5. The maximum Gasteiger partial charge on any atom is 0.271 e. The van der Waals surface area contributed by atoms with Crippen molar-refractivity contribution in [2.24, 2.45) is 5.10 Å². The smallest absolute Gasteiger partial charge is 0.271 e. The van der Waals surface area contributed by atoms with Crippen LogP contribution in [0.25, 0.3) is 0 Å². The number of benzene rings is 2. The molecule has 0 fully saturated rings. The van der Waals surface area contributed by atoms with Gasteiger partial charge in [-0.2, -0.15) is 5.10 Å². The summed E-state index contributed by atoms with van der Waals surface area (Å²) in [4.78, 5) is 12.2. The molecule has 0 aliphatic rings. The van der Waals surface area contributed by atoms with Gasteiger partial charge in [0.2, 0.25) is 0 Å². The SMILES string of the molecule is CCC(CC)=NNC(=O)c1cccc(S(=O)(=O)Nc2ccc(Cl)cc2)c1. The summed E-state index contributed by atoms with van der Waals surface area (Å²) in [7, 11) is -3.83. The average molecular weight is 394 g/mol. The van der Waals surface area contributed by atoms with Crippen molar-refractivity contribution in [2.75, 3.05) is 4.72 Å². The molecule has 0 aliphatic heterocycles. The first-order valence-electron chi connectivity index (χ1n) is 8.10. The van der Waals surface area contributed by atoms with Crippen LogP contribution in [0.3, 0.4) is 0 Å². The highest BCUT2D eigenvalue weighted by Gasteiger charge is 2.16. The molecular formula is C18H20ClN3O3S. The highest BCUT2D eigenvalue weighted by molar-refractivity contribution is 7.92. The summed E-state index contributed by atoms with van der Waals surface area (Å²) in [5.74, 6) is -0.465. The molecule has 8 heteroatoms. The number of carbonyl (C=O) groups excluding carboxylic acids is 1. The van der Waals surface area contributed by atoms with E-state index in [0.717, 1.165) is 18.6 Å². The van der Waals surface area contributed by atoms with Crippen molar-refractivity contribution in [1.29, 1.82) is 0 Å². The molecule has 2 aromatic carbocycles. The standard InChI is InChI=1S/C18H20ClN3O3S/c1-3-15(4-2)20-21-18(23)13-6-5-7-17(12-13)26(24,25)22-16-10-8-14(19)9-11-16/h5-12,22H,3-4H2,1-2H3,(H,21,23). The number of sulfonamides is 1. The van der Waals surface area contributed by atoms with Gasteiger partial charge in [-0.3, -0.25) is 9.52 Å². The number of anilines is 1. The van der Waals surface area contributed by atoms with E-state index in [4.69, 9.17) is 11.6 Å². The van der Waals surface area contributed by atoms with Gasteiger partial charge in [0.15, 0.2) is 0 Å². The third-order valence-electron chi connectivity index (χ3n) is 3.63. The van der Waals surface area contributed by atoms with Gasteiger partial charge >= 0.3 is 0 Å². The lowest BCUT2D eigenvalue weighted by Crippen LogP contribution is -2.20. The molecule has 2 aromatic rings. The van der Waals surface area contributed by atoms with Crippen molar-refractivity contribution in [1.82, 2.24) is 5.43 Å². The van der Waals surface area contributed by atoms with E-state index in [1.807, 2.05) is 13.8 Å². The first kappa shape index (κ1) is 19.9. The minimum Gasteiger partial charge on any atom is -0.280 e. The van der Waals surface area contributed by atoms with Crippen LogP contribution in [0.1, 0.15) is 37.0 Å². The van der Waals surface area contributed by atoms with E-state index in [0.29, 0.717) is 10.7 Å². The molecule has 0 aromatic heterocycles. The Labute approximate surface area is 158 Å². The minimum atomic E-state index is -3.83. The summed E-state index contributed by atoms with van der Waals surface area (Å²) in [5.41, 5.74) is 3.89. The van der Waals surface area contributed by atoms with Crippen molar-refractivity contribution in [3.05, 3.63) is 59.1 Å². The number of amides is 1. The number of nitrogens with zero attached hydrogens (tertiary/aromatic N) is 1. The van der Waals surface area contributed by atoms with Crippen LogP contribution in [0, 0.1) is 0 Å². The number of halogens is 1. The topological polar surface area (TPSA) is 87.6 Å². The van der Waals surface area contributed by atoms with Gasteiger partial charge < -0.3 is 0 Å². The normalized spacial score (nSPS) is 10.9. The van der Waals surface area contributed by atoms with Gasteiger partial charge in [-0.1, -0.05) is 31.5 Å². The van der Waals surface area contributed by atoms with E-state index in [9.17, 15) is 13.2 Å². The summed E-state index contributed by atoms with van der Waals surface area (Å²) in [6.45, 7) is 3.90. The largest absolute Gasteiger partial charge is 0.280 e. The number of carbonyl (C=O) groups is 1. The summed E-state index contributed by atoms with van der Waals surface area (Å²) in [6.07, 6.45) is 1.46. The van der Waals surface area contributed by atoms with Crippen LogP contribution in [0.15, 0.2) is 58.5 Å². The molecule has 0 bridgehead atoms. The van der Waals surface area contributed by atoms with Gasteiger partial charge in [0.05, 0.1) is 4.90 Å². The summed E-state index contributed by atoms with van der Waals surface area (Å²) >= 11 is 5.80. The molecule has 26 heavy (non-hydrogen) atoms.